The number of anilines is 1. The number of nitro groups is 1. The average molecular weight is 280 g/mol. The molecule has 0 saturated carbocycles. The SMILES string of the molecule is COC1CN(c2ccc(C=O)cc2[N+](=O)[O-])CC1OC. The molecule has 0 spiro atoms. The van der Waals surface area contributed by atoms with Gasteiger partial charge in [0, 0.05) is 38.9 Å². The molecule has 1 fully saturated rings. The molecule has 1 aliphatic rings. The van der Waals surface area contributed by atoms with Crippen molar-refractivity contribution in [3.8, 4) is 0 Å². The van der Waals surface area contributed by atoms with Crippen molar-refractivity contribution in [2.24, 2.45) is 0 Å². The maximum atomic E-state index is 11.1. The molecule has 2 unspecified atom stereocenters. The van der Waals surface area contributed by atoms with Crippen LogP contribution < -0.4 is 4.90 Å². The molecule has 0 amide bonds. The zero-order valence-electron chi connectivity index (χ0n) is 11.3. The minimum Gasteiger partial charge on any atom is -0.377 e. The molecule has 1 aliphatic heterocycles. The Balaban J connectivity index is 2.33. The van der Waals surface area contributed by atoms with Crippen molar-refractivity contribution in [1.29, 1.82) is 0 Å². The van der Waals surface area contributed by atoms with Crippen molar-refractivity contribution in [2.45, 2.75) is 12.2 Å². The van der Waals surface area contributed by atoms with E-state index in [1.54, 1.807) is 26.4 Å². The number of ether oxygens (including phenoxy) is 2. The maximum absolute atomic E-state index is 11.1. The standard InChI is InChI=1S/C13H16N2O5/c1-19-12-6-14(7-13(12)20-2)10-4-3-9(8-16)5-11(10)15(17)18/h3-5,8,12-13H,6-7H2,1-2H3. The molecule has 108 valence electrons. The summed E-state index contributed by atoms with van der Waals surface area (Å²) in [5.41, 5.74) is 0.676. The summed E-state index contributed by atoms with van der Waals surface area (Å²) in [6.07, 6.45) is 0.326. The second-order valence-corrected chi connectivity index (χ2v) is 4.58. The lowest BCUT2D eigenvalue weighted by Gasteiger charge is -2.18. The van der Waals surface area contributed by atoms with Gasteiger partial charge in [-0.2, -0.15) is 0 Å². The Bertz CT molecular complexity index is 507. The first-order chi connectivity index (χ1) is 9.60. The second-order valence-electron chi connectivity index (χ2n) is 4.58. The summed E-state index contributed by atoms with van der Waals surface area (Å²) < 4.78 is 10.6. The lowest BCUT2D eigenvalue weighted by molar-refractivity contribution is -0.384. The Morgan fingerprint density at radius 2 is 1.90 bits per heavy atom. The highest BCUT2D eigenvalue weighted by atomic mass is 16.6. The minimum absolute atomic E-state index is 0.0822. The van der Waals surface area contributed by atoms with Crippen LogP contribution in [-0.2, 0) is 9.47 Å². The van der Waals surface area contributed by atoms with E-state index < -0.39 is 4.92 Å². The molecule has 0 N–H and O–H groups in total. The van der Waals surface area contributed by atoms with E-state index in [0.717, 1.165) is 0 Å². The number of rotatable bonds is 5. The van der Waals surface area contributed by atoms with Gasteiger partial charge in [-0.3, -0.25) is 14.9 Å². The van der Waals surface area contributed by atoms with Crippen LogP contribution in [0.25, 0.3) is 0 Å². The van der Waals surface area contributed by atoms with E-state index in [0.29, 0.717) is 25.1 Å². The molecule has 0 aliphatic carbocycles. The first-order valence-electron chi connectivity index (χ1n) is 6.14. The van der Waals surface area contributed by atoms with Crippen LogP contribution in [0.4, 0.5) is 11.4 Å². The molecule has 2 atom stereocenters. The van der Waals surface area contributed by atoms with Gasteiger partial charge in [-0.15, -0.1) is 0 Å². The lowest BCUT2D eigenvalue weighted by Crippen LogP contribution is -2.27. The normalized spacial score (nSPS) is 22.0. The van der Waals surface area contributed by atoms with Crippen molar-refractivity contribution in [1.82, 2.24) is 0 Å². The molecule has 0 aromatic heterocycles. The fraction of sp³-hybridized carbons (Fsp3) is 0.462. The summed E-state index contributed by atoms with van der Waals surface area (Å²) in [4.78, 5) is 23.2. The summed E-state index contributed by atoms with van der Waals surface area (Å²) in [5, 5.41) is 11.1. The largest absolute Gasteiger partial charge is 0.377 e. The molecule has 1 aromatic carbocycles. The number of carbonyl (C=O) groups excluding carboxylic acids is 1. The molecule has 0 radical (unpaired) electrons. The number of aldehydes is 1. The van der Waals surface area contributed by atoms with Crippen molar-refractivity contribution in [3.63, 3.8) is 0 Å². The topological polar surface area (TPSA) is 81.9 Å². The molecular formula is C13H16N2O5. The molecular weight excluding hydrogens is 264 g/mol. The molecule has 1 aromatic rings. The Morgan fingerprint density at radius 3 is 2.35 bits per heavy atom. The van der Waals surface area contributed by atoms with Crippen LogP contribution in [-0.4, -0.2) is 50.7 Å². The summed E-state index contributed by atoms with van der Waals surface area (Å²) in [5.74, 6) is 0. The monoisotopic (exact) mass is 280 g/mol. The fourth-order valence-corrected chi connectivity index (χ4v) is 2.42. The third-order valence-electron chi connectivity index (χ3n) is 3.49. The van der Waals surface area contributed by atoms with Gasteiger partial charge >= 0.3 is 0 Å². The zero-order chi connectivity index (χ0) is 14.7. The van der Waals surface area contributed by atoms with Crippen LogP contribution in [0.15, 0.2) is 18.2 Å². The highest BCUT2D eigenvalue weighted by molar-refractivity contribution is 5.79. The predicted octanol–water partition coefficient (Wildman–Crippen LogP) is 1.26. The van der Waals surface area contributed by atoms with E-state index >= 15 is 0 Å². The Labute approximate surface area is 116 Å². The van der Waals surface area contributed by atoms with Gasteiger partial charge in [0.2, 0.25) is 0 Å². The van der Waals surface area contributed by atoms with E-state index in [2.05, 4.69) is 0 Å². The summed E-state index contributed by atoms with van der Waals surface area (Å²) in [6, 6.07) is 4.44. The summed E-state index contributed by atoms with van der Waals surface area (Å²) in [7, 11) is 3.17. The Morgan fingerprint density at radius 1 is 1.30 bits per heavy atom. The number of hydrogen-bond donors (Lipinski definition) is 0. The van der Waals surface area contributed by atoms with E-state index in [1.165, 1.54) is 6.07 Å². The summed E-state index contributed by atoms with van der Waals surface area (Å²) >= 11 is 0. The van der Waals surface area contributed by atoms with Crippen LogP contribution >= 0.6 is 0 Å². The van der Waals surface area contributed by atoms with Crippen molar-refractivity contribution < 1.29 is 19.2 Å². The zero-order valence-corrected chi connectivity index (χ0v) is 11.3. The molecule has 2 rings (SSSR count). The van der Waals surface area contributed by atoms with Crippen LogP contribution in [0.5, 0.6) is 0 Å². The number of benzene rings is 1. The van der Waals surface area contributed by atoms with Crippen molar-refractivity contribution in [3.05, 3.63) is 33.9 Å². The minimum atomic E-state index is -0.482. The van der Waals surface area contributed by atoms with Gasteiger partial charge < -0.3 is 14.4 Å². The van der Waals surface area contributed by atoms with Crippen LogP contribution in [0, 0.1) is 10.1 Å². The average Bonchev–Trinajstić information content (AvgIpc) is 2.89. The van der Waals surface area contributed by atoms with Gasteiger partial charge in [-0.1, -0.05) is 0 Å². The Kier molecular flexibility index (Phi) is 4.31. The third kappa shape index (κ3) is 2.63. The third-order valence-corrected chi connectivity index (χ3v) is 3.49. The highest BCUT2D eigenvalue weighted by Gasteiger charge is 2.35. The first kappa shape index (κ1) is 14.4. The van der Waals surface area contributed by atoms with Crippen LogP contribution in [0.2, 0.25) is 0 Å². The van der Waals surface area contributed by atoms with Gasteiger partial charge in [0.15, 0.2) is 0 Å². The molecule has 0 bridgehead atoms. The van der Waals surface area contributed by atoms with Crippen LogP contribution in [0.3, 0.4) is 0 Å². The van der Waals surface area contributed by atoms with E-state index in [4.69, 9.17) is 9.47 Å². The van der Waals surface area contributed by atoms with Crippen molar-refractivity contribution in [2.75, 3.05) is 32.2 Å². The first-order valence-corrected chi connectivity index (χ1v) is 6.14. The number of carbonyl (C=O) groups is 1. The molecule has 7 heteroatoms. The van der Waals surface area contributed by atoms with Crippen LogP contribution in [0.1, 0.15) is 10.4 Å². The smallest absolute Gasteiger partial charge is 0.293 e. The second kappa shape index (κ2) is 5.98. The number of hydrogen-bond acceptors (Lipinski definition) is 6. The van der Waals surface area contributed by atoms with Gasteiger partial charge in [0.25, 0.3) is 5.69 Å². The quantitative estimate of drug-likeness (QED) is 0.459. The van der Waals surface area contributed by atoms with Gasteiger partial charge in [-0.25, -0.2) is 0 Å². The van der Waals surface area contributed by atoms with Gasteiger partial charge in [0.1, 0.15) is 24.2 Å². The molecule has 7 nitrogen and oxygen atoms in total. The van der Waals surface area contributed by atoms with Gasteiger partial charge in [-0.05, 0) is 12.1 Å². The highest BCUT2D eigenvalue weighted by Crippen LogP contribution is 2.32. The van der Waals surface area contributed by atoms with E-state index in [-0.39, 0.29) is 23.5 Å². The lowest BCUT2D eigenvalue weighted by atomic mass is 10.2. The van der Waals surface area contributed by atoms with Crippen molar-refractivity contribution >= 4 is 17.7 Å². The molecule has 1 saturated heterocycles. The van der Waals surface area contributed by atoms with E-state index in [1.807, 2.05) is 4.90 Å². The Hall–Kier alpha value is -1.99. The summed E-state index contributed by atoms with van der Waals surface area (Å²) in [6.45, 7) is 1.02. The predicted molar refractivity (Wildman–Crippen MR) is 72.3 cm³/mol. The fourth-order valence-electron chi connectivity index (χ4n) is 2.42. The number of methoxy groups -OCH3 is 2. The van der Waals surface area contributed by atoms with E-state index in [9.17, 15) is 14.9 Å². The van der Waals surface area contributed by atoms with Gasteiger partial charge in [0.05, 0.1) is 4.92 Å². The number of nitrogens with zero attached hydrogens (tertiary/aromatic N) is 2. The maximum Gasteiger partial charge on any atom is 0.293 e. The molecule has 20 heavy (non-hydrogen) atoms. The number of nitro benzene ring substituents is 1. The molecule has 1 heterocycles.